The Hall–Kier alpha value is -2.02. The van der Waals surface area contributed by atoms with Gasteiger partial charge in [0.15, 0.2) is 0 Å². The van der Waals surface area contributed by atoms with Gasteiger partial charge in [0.2, 0.25) is 0 Å². The fourth-order valence-electron chi connectivity index (χ4n) is 2.20. The lowest BCUT2D eigenvalue weighted by Gasteiger charge is -2.30. The molecule has 0 N–H and O–H groups in total. The quantitative estimate of drug-likeness (QED) is 0.754. The van der Waals surface area contributed by atoms with Crippen molar-refractivity contribution in [2.24, 2.45) is 0 Å². The van der Waals surface area contributed by atoms with Crippen molar-refractivity contribution < 1.29 is 0 Å². The first-order valence-electron chi connectivity index (χ1n) is 6.22. The number of rotatable bonds is 2. The van der Waals surface area contributed by atoms with Gasteiger partial charge in [-0.2, -0.15) is 0 Å². The molecule has 1 unspecified atom stereocenters. The summed E-state index contributed by atoms with van der Waals surface area (Å²) in [6.07, 6.45) is 4.24. The molecule has 1 aliphatic rings. The summed E-state index contributed by atoms with van der Waals surface area (Å²) in [5, 5.41) is 0. The van der Waals surface area contributed by atoms with Crippen molar-refractivity contribution in [3.63, 3.8) is 0 Å². The molecule has 1 heteroatoms. The lowest BCUT2D eigenvalue weighted by molar-refractivity contribution is 0.370. The van der Waals surface area contributed by atoms with Crippen LogP contribution < -0.4 is 0 Å². The maximum absolute atomic E-state index is 3.44. The van der Waals surface area contributed by atoms with Gasteiger partial charge in [-0.25, -0.2) is 0 Å². The Labute approximate surface area is 108 Å². The molecule has 0 amide bonds. The number of fused-ring (bicyclic) bond motifs is 1. The number of benzene rings is 2. The molecule has 1 atom stereocenters. The van der Waals surface area contributed by atoms with Crippen LogP contribution in [0.4, 0.5) is 0 Å². The third kappa shape index (κ3) is 2.04. The molecular weight excluding hydrogens is 218 g/mol. The van der Waals surface area contributed by atoms with Crippen LogP contribution >= 0.6 is 0 Å². The lowest BCUT2D eigenvalue weighted by Crippen LogP contribution is -2.21. The molecule has 3 rings (SSSR count). The molecule has 0 saturated carbocycles. The van der Waals surface area contributed by atoms with Crippen molar-refractivity contribution in [1.82, 2.24) is 4.90 Å². The Morgan fingerprint density at radius 3 is 2.50 bits per heavy atom. The molecule has 2 radical (unpaired) electrons. The molecule has 0 spiro atoms. The summed E-state index contributed by atoms with van der Waals surface area (Å²) < 4.78 is 0. The van der Waals surface area contributed by atoms with E-state index in [1.165, 1.54) is 11.1 Å². The second-order valence-electron chi connectivity index (χ2n) is 4.51. The Morgan fingerprint density at radius 1 is 0.944 bits per heavy atom. The molecule has 0 aliphatic carbocycles. The average Bonchev–Trinajstić information content (AvgIpc) is 2.47. The third-order valence-electron chi connectivity index (χ3n) is 3.32. The topological polar surface area (TPSA) is 3.24 Å². The van der Waals surface area contributed by atoms with Crippen molar-refractivity contribution in [2.75, 3.05) is 0 Å². The summed E-state index contributed by atoms with van der Waals surface area (Å²) in [5.41, 5.74) is 3.69. The summed E-state index contributed by atoms with van der Waals surface area (Å²) in [7, 11) is 0. The Balaban J connectivity index is 1.85. The van der Waals surface area contributed by atoms with E-state index >= 15 is 0 Å². The molecule has 18 heavy (non-hydrogen) atoms. The summed E-state index contributed by atoms with van der Waals surface area (Å²) in [6, 6.07) is 19.1. The fourth-order valence-corrected chi connectivity index (χ4v) is 2.20. The van der Waals surface area contributed by atoms with Gasteiger partial charge in [0.25, 0.3) is 0 Å². The smallest absolute Gasteiger partial charge is 0.127 e. The average molecular weight is 233 g/mol. The van der Waals surface area contributed by atoms with E-state index in [0.29, 0.717) is 6.04 Å². The monoisotopic (exact) mass is 233 g/mol. The van der Waals surface area contributed by atoms with Crippen LogP contribution in [0, 0.1) is 6.54 Å². The first-order chi connectivity index (χ1) is 8.84. The van der Waals surface area contributed by atoms with Crippen LogP contribution in [0.15, 0.2) is 60.8 Å². The van der Waals surface area contributed by atoms with Crippen molar-refractivity contribution in [3.05, 3.63) is 84.0 Å². The molecule has 0 aromatic heterocycles. The van der Waals surface area contributed by atoms with Gasteiger partial charge in [0, 0.05) is 6.20 Å². The molecule has 0 fully saturated rings. The molecule has 1 nitrogen and oxygen atoms in total. The largest absolute Gasteiger partial charge is 0.356 e. The van der Waals surface area contributed by atoms with Gasteiger partial charge in [0.1, 0.15) is 6.54 Å². The normalized spacial score (nSPS) is 15.3. The minimum absolute atomic E-state index is 0.302. The predicted molar refractivity (Wildman–Crippen MR) is 74.5 cm³/mol. The van der Waals surface area contributed by atoms with E-state index in [9.17, 15) is 0 Å². The summed E-state index contributed by atoms with van der Waals surface area (Å²) in [4.78, 5) is 2.14. The highest BCUT2D eigenvalue weighted by molar-refractivity contribution is 5.58. The van der Waals surface area contributed by atoms with Crippen LogP contribution in [0.1, 0.15) is 29.7 Å². The fraction of sp³-hybridized carbons (Fsp3) is 0.118. The second kappa shape index (κ2) is 4.69. The standard InChI is InChI=1S/C17H15N/c1-14(15-7-3-2-4-8-15)18-12-11-16-9-5-6-10-17(16)13-18/h2-12,14H,1H3. The minimum atomic E-state index is 0.302. The van der Waals surface area contributed by atoms with E-state index in [-0.39, 0.29) is 0 Å². The predicted octanol–water partition coefficient (Wildman–Crippen LogP) is 4.12. The van der Waals surface area contributed by atoms with Gasteiger partial charge in [-0.05, 0) is 29.7 Å². The van der Waals surface area contributed by atoms with Crippen molar-refractivity contribution in [2.45, 2.75) is 13.0 Å². The van der Waals surface area contributed by atoms with Crippen LogP contribution in [0.25, 0.3) is 6.08 Å². The van der Waals surface area contributed by atoms with Gasteiger partial charge in [0.05, 0.1) is 6.04 Å². The zero-order valence-corrected chi connectivity index (χ0v) is 10.4. The molecule has 2 aromatic carbocycles. The van der Waals surface area contributed by atoms with Crippen LogP contribution in [-0.4, -0.2) is 4.90 Å². The van der Waals surface area contributed by atoms with Crippen molar-refractivity contribution in [3.8, 4) is 0 Å². The Kier molecular flexibility index (Phi) is 2.89. The maximum Gasteiger partial charge on any atom is 0.127 e. The molecule has 88 valence electrons. The van der Waals surface area contributed by atoms with Gasteiger partial charge in [-0.1, -0.05) is 54.6 Å². The third-order valence-corrected chi connectivity index (χ3v) is 3.32. The number of hydrogen-bond donors (Lipinski definition) is 0. The first-order valence-corrected chi connectivity index (χ1v) is 6.22. The van der Waals surface area contributed by atoms with Gasteiger partial charge in [-0.3, -0.25) is 0 Å². The van der Waals surface area contributed by atoms with Gasteiger partial charge in [-0.15, -0.1) is 0 Å². The van der Waals surface area contributed by atoms with Crippen LogP contribution in [0.3, 0.4) is 0 Å². The lowest BCUT2D eigenvalue weighted by atomic mass is 10.0. The van der Waals surface area contributed by atoms with Crippen LogP contribution in [0.5, 0.6) is 0 Å². The van der Waals surface area contributed by atoms with E-state index in [4.69, 9.17) is 0 Å². The summed E-state index contributed by atoms with van der Waals surface area (Å²) >= 11 is 0. The molecule has 1 heterocycles. The summed E-state index contributed by atoms with van der Waals surface area (Å²) in [6.45, 7) is 5.64. The molecule has 1 aliphatic heterocycles. The SMILES string of the molecule is CC(c1ccccc1)N1[C]c2ccccc2C=C1. The number of nitrogens with zero attached hydrogens (tertiary/aromatic N) is 1. The maximum atomic E-state index is 3.44. The Bertz CT molecular complexity index is 557. The molecule has 0 saturated heterocycles. The zero-order chi connectivity index (χ0) is 12.4. The van der Waals surface area contributed by atoms with Crippen LogP contribution in [0.2, 0.25) is 0 Å². The van der Waals surface area contributed by atoms with E-state index in [0.717, 1.165) is 5.56 Å². The van der Waals surface area contributed by atoms with Gasteiger partial charge >= 0.3 is 0 Å². The van der Waals surface area contributed by atoms with Crippen molar-refractivity contribution >= 4 is 6.08 Å². The summed E-state index contributed by atoms with van der Waals surface area (Å²) in [5.74, 6) is 0. The molecular formula is C17H15N. The van der Waals surface area contributed by atoms with E-state index in [2.05, 4.69) is 79.2 Å². The highest BCUT2D eigenvalue weighted by Crippen LogP contribution is 2.28. The van der Waals surface area contributed by atoms with Gasteiger partial charge < -0.3 is 4.90 Å². The highest BCUT2D eigenvalue weighted by Gasteiger charge is 2.17. The minimum Gasteiger partial charge on any atom is -0.356 e. The van der Waals surface area contributed by atoms with E-state index in [1.807, 2.05) is 6.07 Å². The van der Waals surface area contributed by atoms with E-state index < -0.39 is 0 Å². The van der Waals surface area contributed by atoms with E-state index in [1.54, 1.807) is 0 Å². The molecule has 2 aromatic rings. The Morgan fingerprint density at radius 2 is 1.67 bits per heavy atom. The highest BCUT2D eigenvalue weighted by atomic mass is 15.1. The number of hydrogen-bond acceptors (Lipinski definition) is 1. The first kappa shape index (κ1) is 11.1. The van der Waals surface area contributed by atoms with Crippen LogP contribution in [-0.2, 0) is 0 Å². The van der Waals surface area contributed by atoms with Crippen molar-refractivity contribution in [1.29, 1.82) is 0 Å². The zero-order valence-electron chi connectivity index (χ0n) is 10.4. The second-order valence-corrected chi connectivity index (χ2v) is 4.51. The molecule has 0 bridgehead atoms.